The average Bonchev–Trinajstić information content (AvgIpc) is 2.73. The number of alkyl halides is 1. The Kier molecular flexibility index (Phi) is 4.23. The first-order valence-electron chi connectivity index (χ1n) is 6.87. The molecule has 0 N–H and O–H groups in total. The summed E-state index contributed by atoms with van der Waals surface area (Å²) < 4.78 is 7.32. The highest BCUT2D eigenvalue weighted by Gasteiger charge is 2.19. The van der Waals surface area contributed by atoms with E-state index >= 15 is 0 Å². The lowest BCUT2D eigenvalue weighted by Gasteiger charge is -2.19. The number of nitrogens with zero attached hydrogens (tertiary/aromatic N) is 3. The van der Waals surface area contributed by atoms with Crippen molar-refractivity contribution in [3.63, 3.8) is 0 Å². The van der Waals surface area contributed by atoms with Gasteiger partial charge >= 0.3 is 0 Å². The molecule has 2 heterocycles. The van der Waals surface area contributed by atoms with Gasteiger partial charge in [-0.3, -0.25) is 0 Å². The highest BCUT2D eigenvalue weighted by atomic mass is 35.5. The number of methoxy groups -OCH3 is 1. The summed E-state index contributed by atoms with van der Waals surface area (Å²) >= 11 is 6.26. The molecule has 1 unspecified atom stereocenters. The second-order valence-corrected chi connectivity index (χ2v) is 6.90. The lowest BCUT2D eigenvalue weighted by Crippen LogP contribution is -2.13. The molecule has 0 amide bonds. The molecular weight excluding hydrogens is 274 g/mol. The third-order valence-corrected chi connectivity index (χ3v) is 3.44. The predicted octanol–water partition coefficient (Wildman–Crippen LogP) is 4.18. The lowest BCUT2D eigenvalue weighted by atomic mass is 9.92. The smallest absolute Gasteiger partial charge is 0.215 e. The van der Waals surface area contributed by atoms with Crippen LogP contribution < -0.4 is 4.74 Å². The summed E-state index contributed by atoms with van der Waals surface area (Å²) in [6.07, 6.45) is 1.04. The van der Waals surface area contributed by atoms with E-state index in [0.717, 1.165) is 30.0 Å². The zero-order chi connectivity index (χ0) is 14.9. The van der Waals surface area contributed by atoms with Gasteiger partial charge in [-0.05, 0) is 24.8 Å². The van der Waals surface area contributed by atoms with Crippen molar-refractivity contribution in [3.8, 4) is 5.88 Å². The van der Waals surface area contributed by atoms with E-state index in [-0.39, 0.29) is 10.8 Å². The third kappa shape index (κ3) is 3.23. The fourth-order valence-corrected chi connectivity index (χ4v) is 2.25. The van der Waals surface area contributed by atoms with Crippen molar-refractivity contribution >= 4 is 22.8 Å². The van der Waals surface area contributed by atoms with Crippen molar-refractivity contribution in [1.82, 2.24) is 14.5 Å². The van der Waals surface area contributed by atoms with Gasteiger partial charge in [-0.1, -0.05) is 20.8 Å². The van der Waals surface area contributed by atoms with Crippen molar-refractivity contribution in [1.29, 1.82) is 0 Å². The Bertz CT molecular complexity index is 599. The molecule has 0 aliphatic rings. The number of imidazole rings is 1. The molecular formula is C15H22ClN3O. The zero-order valence-electron chi connectivity index (χ0n) is 12.8. The number of hydrogen-bond donors (Lipinski definition) is 0. The van der Waals surface area contributed by atoms with Gasteiger partial charge in [0.1, 0.15) is 11.3 Å². The van der Waals surface area contributed by atoms with E-state index < -0.39 is 0 Å². The number of pyridine rings is 1. The second kappa shape index (κ2) is 5.60. The molecule has 2 rings (SSSR count). The zero-order valence-corrected chi connectivity index (χ0v) is 13.5. The lowest BCUT2D eigenvalue weighted by molar-refractivity contribution is 0.349. The molecule has 0 aliphatic heterocycles. The molecule has 0 fully saturated rings. The van der Waals surface area contributed by atoms with E-state index in [0.29, 0.717) is 5.88 Å². The molecule has 110 valence electrons. The minimum atomic E-state index is -0.143. The predicted molar refractivity (Wildman–Crippen MR) is 82.4 cm³/mol. The van der Waals surface area contributed by atoms with Crippen LogP contribution >= 0.6 is 11.6 Å². The summed E-state index contributed by atoms with van der Waals surface area (Å²) in [6, 6.07) is 3.75. The van der Waals surface area contributed by atoms with E-state index in [2.05, 4.69) is 35.3 Å². The Balaban J connectivity index is 2.48. The number of halogens is 1. The molecule has 20 heavy (non-hydrogen) atoms. The van der Waals surface area contributed by atoms with Crippen molar-refractivity contribution in [2.24, 2.45) is 5.41 Å². The van der Waals surface area contributed by atoms with Crippen LogP contribution in [0.1, 0.15) is 45.3 Å². The molecule has 0 aromatic carbocycles. The summed E-state index contributed by atoms with van der Waals surface area (Å²) in [6.45, 7) is 9.47. The number of aryl methyl sites for hydroxylation is 1. The van der Waals surface area contributed by atoms with Gasteiger partial charge in [-0.15, -0.1) is 11.6 Å². The van der Waals surface area contributed by atoms with Gasteiger partial charge in [0.15, 0.2) is 5.65 Å². The minimum Gasteiger partial charge on any atom is -0.481 e. The second-order valence-electron chi connectivity index (χ2n) is 6.24. The van der Waals surface area contributed by atoms with E-state index in [1.807, 2.05) is 19.1 Å². The number of fused-ring (bicyclic) bond motifs is 1. The summed E-state index contributed by atoms with van der Waals surface area (Å²) in [5, 5.41) is -0.143. The first kappa shape index (κ1) is 15.1. The van der Waals surface area contributed by atoms with Gasteiger partial charge < -0.3 is 9.30 Å². The molecule has 4 nitrogen and oxygen atoms in total. The highest BCUT2D eigenvalue weighted by molar-refractivity contribution is 6.20. The maximum Gasteiger partial charge on any atom is 0.215 e. The average molecular weight is 296 g/mol. The number of aromatic nitrogens is 3. The quantitative estimate of drug-likeness (QED) is 0.795. The van der Waals surface area contributed by atoms with E-state index in [4.69, 9.17) is 16.3 Å². The first-order valence-corrected chi connectivity index (χ1v) is 7.31. The largest absolute Gasteiger partial charge is 0.481 e. The molecule has 1 atom stereocenters. The van der Waals surface area contributed by atoms with Gasteiger partial charge in [0.05, 0.1) is 12.5 Å². The van der Waals surface area contributed by atoms with Gasteiger partial charge in [-0.2, -0.15) is 4.98 Å². The SMILES string of the molecule is COc1ccc2nc(C(C)Cl)n(CCC(C)(C)C)c2n1. The Hall–Kier alpha value is -1.29. The van der Waals surface area contributed by atoms with Crippen molar-refractivity contribution in [2.45, 2.75) is 46.0 Å². The van der Waals surface area contributed by atoms with Crippen LogP contribution in [-0.2, 0) is 6.54 Å². The minimum absolute atomic E-state index is 0.143. The Morgan fingerprint density at radius 3 is 2.55 bits per heavy atom. The van der Waals surface area contributed by atoms with Crippen LogP contribution in [0.5, 0.6) is 5.88 Å². The van der Waals surface area contributed by atoms with Crippen LogP contribution in [0.4, 0.5) is 0 Å². The van der Waals surface area contributed by atoms with Crippen LogP contribution in [0.3, 0.4) is 0 Å². The monoisotopic (exact) mass is 295 g/mol. The van der Waals surface area contributed by atoms with E-state index in [1.165, 1.54) is 0 Å². The summed E-state index contributed by atoms with van der Waals surface area (Å²) in [7, 11) is 1.62. The Morgan fingerprint density at radius 1 is 1.30 bits per heavy atom. The number of ether oxygens (including phenoxy) is 1. The fourth-order valence-electron chi connectivity index (χ4n) is 2.09. The van der Waals surface area contributed by atoms with E-state index in [9.17, 15) is 0 Å². The molecule has 0 saturated heterocycles. The van der Waals surface area contributed by atoms with Crippen LogP contribution in [0.15, 0.2) is 12.1 Å². The van der Waals surface area contributed by atoms with Crippen LogP contribution in [0.2, 0.25) is 0 Å². The normalized spacial score (nSPS) is 13.7. The van der Waals surface area contributed by atoms with Crippen LogP contribution in [0, 0.1) is 5.41 Å². The van der Waals surface area contributed by atoms with Gasteiger partial charge in [0.2, 0.25) is 5.88 Å². The highest BCUT2D eigenvalue weighted by Crippen LogP contribution is 2.27. The third-order valence-electron chi connectivity index (χ3n) is 3.25. The standard InChI is InChI=1S/C15H22ClN3O/c1-10(16)13-17-11-6-7-12(20-5)18-14(11)19(13)9-8-15(2,3)4/h6-7,10H,8-9H2,1-5H3. The molecule has 0 bridgehead atoms. The molecule has 0 aliphatic carbocycles. The van der Waals surface area contributed by atoms with Crippen LogP contribution in [0.25, 0.3) is 11.2 Å². The fraction of sp³-hybridized carbons (Fsp3) is 0.600. The molecule has 2 aromatic heterocycles. The number of hydrogen-bond acceptors (Lipinski definition) is 3. The van der Waals surface area contributed by atoms with Gasteiger partial charge in [-0.25, -0.2) is 4.98 Å². The summed E-state index contributed by atoms with van der Waals surface area (Å²) in [5.41, 5.74) is 1.96. The summed E-state index contributed by atoms with van der Waals surface area (Å²) in [4.78, 5) is 9.12. The number of rotatable bonds is 4. The van der Waals surface area contributed by atoms with Gasteiger partial charge in [0.25, 0.3) is 0 Å². The van der Waals surface area contributed by atoms with Gasteiger partial charge in [0, 0.05) is 12.6 Å². The Labute approximate surface area is 125 Å². The van der Waals surface area contributed by atoms with Crippen molar-refractivity contribution in [3.05, 3.63) is 18.0 Å². The molecule has 2 aromatic rings. The first-order chi connectivity index (χ1) is 9.31. The van der Waals surface area contributed by atoms with Crippen LogP contribution in [-0.4, -0.2) is 21.6 Å². The van der Waals surface area contributed by atoms with E-state index in [1.54, 1.807) is 7.11 Å². The molecule has 0 spiro atoms. The maximum atomic E-state index is 6.26. The van der Waals surface area contributed by atoms with Crippen molar-refractivity contribution in [2.75, 3.05) is 7.11 Å². The maximum absolute atomic E-state index is 6.26. The molecule has 5 heteroatoms. The summed E-state index contributed by atoms with van der Waals surface area (Å²) in [5.74, 6) is 1.47. The molecule has 0 radical (unpaired) electrons. The molecule has 0 saturated carbocycles. The topological polar surface area (TPSA) is 39.9 Å². The van der Waals surface area contributed by atoms with Crippen molar-refractivity contribution < 1.29 is 4.74 Å². The Morgan fingerprint density at radius 2 is 2.00 bits per heavy atom.